The Hall–Kier alpha value is -2.55. The summed E-state index contributed by atoms with van der Waals surface area (Å²) in [5.41, 5.74) is -1.14. The molecule has 0 aliphatic heterocycles. The average molecular weight is 297 g/mol. The van der Waals surface area contributed by atoms with Gasteiger partial charge in [-0.05, 0) is 19.3 Å². The second-order valence-corrected chi connectivity index (χ2v) is 4.29. The molecule has 0 aromatic heterocycles. The summed E-state index contributed by atoms with van der Waals surface area (Å²) in [5.74, 6) is -0.606. The van der Waals surface area contributed by atoms with Crippen LogP contribution in [0.1, 0.15) is 29.6 Å². The fraction of sp³-hybridized carbons (Fsp3) is 0.417. The van der Waals surface area contributed by atoms with Crippen LogP contribution in [0.4, 0.5) is 11.4 Å². The quantitative estimate of drug-likeness (QED) is 0.423. The zero-order valence-corrected chi connectivity index (χ0v) is 11.2. The zero-order valence-electron chi connectivity index (χ0n) is 11.2. The Morgan fingerprint density at radius 3 is 2.10 bits per heavy atom. The van der Waals surface area contributed by atoms with E-state index in [2.05, 4.69) is 5.32 Å². The molecule has 0 saturated carbocycles. The van der Waals surface area contributed by atoms with Crippen molar-refractivity contribution in [3.05, 3.63) is 44.0 Å². The van der Waals surface area contributed by atoms with Crippen LogP contribution in [0.5, 0.6) is 0 Å². The smallest absolute Gasteiger partial charge is 0.277 e. The van der Waals surface area contributed by atoms with E-state index in [9.17, 15) is 25.0 Å². The van der Waals surface area contributed by atoms with Crippen molar-refractivity contribution in [2.24, 2.45) is 0 Å². The van der Waals surface area contributed by atoms with E-state index in [0.29, 0.717) is 19.4 Å². The molecule has 0 bridgehead atoms. The highest BCUT2D eigenvalue weighted by Gasteiger charge is 2.19. The summed E-state index contributed by atoms with van der Waals surface area (Å²) in [6, 6.07) is 2.80. The van der Waals surface area contributed by atoms with Gasteiger partial charge >= 0.3 is 0 Å². The highest BCUT2D eigenvalue weighted by molar-refractivity contribution is 5.95. The number of amides is 1. The van der Waals surface area contributed by atoms with E-state index >= 15 is 0 Å². The number of carbonyl (C=O) groups excluding carboxylic acids is 1. The number of carbonyl (C=O) groups is 1. The molecule has 21 heavy (non-hydrogen) atoms. The Labute approximate surface area is 119 Å². The number of unbranched alkanes of at least 4 members (excludes halogenated alkanes) is 2. The molecule has 9 heteroatoms. The van der Waals surface area contributed by atoms with Gasteiger partial charge in [0.1, 0.15) is 0 Å². The molecule has 0 unspecified atom stereocenters. The van der Waals surface area contributed by atoms with E-state index in [1.807, 2.05) is 0 Å². The van der Waals surface area contributed by atoms with Crippen LogP contribution in [0.25, 0.3) is 0 Å². The summed E-state index contributed by atoms with van der Waals surface area (Å²) in [5, 5.41) is 32.5. The molecule has 2 N–H and O–H groups in total. The molecule has 114 valence electrons. The van der Waals surface area contributed by atoms with Crippen molar-refractivity contribution >= 4 is 17.3 Å². The first-order valence-electron chi connectivity index (χ1n) is 6.28. The van der Waals surface area contributed by atoms with Crippen LogP contribution < -0.4 is 5.32 Å². The van der Waals surface area contributed by atoms with Gasteiger partial charge in [0.25, 0.3) is 17.3 Å². The summed E-state index contributed by atoms with van der Waals surface area (Å²) in [6.07, 6.45) is 1.99. The SMILES string of the molecule is O=C(NCCCCCO)c1cc([N+](=O)[O-])cc([N+](=O)[O-])c1. The van der Waals surface area contributed by atoms with E-state index in [4.69, 9.17) is 5.11 Å². The maximum Gasteiger partial charge on any atom is 0.277 e. The fourth-order valence-electron chi connectivity index (χ4n) is 1.65. The van der Waals surface area contributed by atoms with Gasteiger partial charge in [0.15, 0.2) is 0 Å². The molecule has 0 radical (unpaired) electrons. The van der Waals surface area contributed by atoms with Crippen LogP contribution >= 0.6 is 0 Å². The molecular formula is C12H15N3O6. The number of aliphatic hydroxyl groups excluding tert-OH is 1. The number of benzene rings is 1. The van der Waals surface area contributed by atoms with Gasteiger partial charge in [-0.25, -0.2) is 0 Å². The molecule has 0 saturated heterocycles. The Morgan fingerprint density at radius 1 is 1.05 bits per heavy atom. The third kappa shape index (κ3) is 5.15. The molecule has 1 aromatic rings. The second kappa shape index (κ2) is 7.90. The molecule has 9 nitrogen and oxygen atoms in total. The average Bonchev–Trinajstić information content (AvgIpc) is 2.46. The predicted octanol–water partition coefficient (Wildman–Crippen LogP) is 1.40. The van der Waals surface area contributed by atoms with E-state index < -0.39 is 27.1 Å². The van der Waals surface area contributed by atoms with Crippen molar-refractivity contribution in [1.29, 1.82) is 0 Å². The first-order valence-corrected chi connectivity index (χ1v) is 6.28. The number of hydrogen-bond acceptors (Lipinski definition) is 6. The molecule has 0 heterocycles. The van der Waals surface area contributed by atoms with Crippen molar-refractivity contribution in [2.75, 3.05) is 13.2 Å². The molecule has 0 aliphatic carbocycles. The number of rotatable bonds is 8. The van der Waals surface area contributed by atoms with E-state index in [-0.39, 0.29) is 12.2 Å². The van der Waals surface area contributed by atoms with Gasteiger partial charge in [-0.3, -0.25) is 25.0 Å². The van der Waals surface area contributed by atoms with Crippen LogP contribution in [0, 0.1) is 20.2 Å². The van der Waals surface area contributed by atoms with Crippen molar-refractivity contribution in [1.82, 2.24) is 5.32 Å². The van der Waals surface area contributed by atoms with Gasteiger partial charge in [0.2, 0.25) is 0 Å². The van der Waals surface area contributed by atoms with Gasteiger partial charge in [0.05, 0.1) is 21.5 Å². The minimum Gasteiger partial charge on any atom is -0.396 e. The van der Waals surface area contributed by atoms with E-state index in [0.717, 1.165) is 24.6 Å². The molecule has 1 aromatic carbocycles. The van der Waals surface area contributed by atoms with Crippen LogP contribution in [0.2, 0.25) is 0 Å². The third-order valence-corrected chi connectivity index (χ3v) is 2.71. The third-order valence-electron chi connectivity index (χ3n) is 2.71. The lowest BCUT2D eigenvalue weighted by atomic mass is 10.1. The Bertz CT molecular complexity index is 514. The van der Waals surface area contributed by atoms with Crippen LogP contribution in [0.3, 0.4) is 0 Å². The van der Waals surface area contributed by atoms with Gasteiger partial charge in [-0.2, -0.15) is 0 Å². The van der Waals surface area contributed by atoms with Crippen molar-refractivity contribution < 1.29 is 19.7 Å². The van der Waals surface area contributed by atoms with Gasteiger partial charge < -0.3 is 10.4 Å². The monoisotopic (exact) mass is 297 g/mol. The molecule has 0 atom stereocenters. The Balaban J connectivity index is 2.78. The van der Waals surface area contributed by atoms with Crippen LogP contribution in [-0.4, -0.2) is 34.0 Å². The number of nitro groups is 2. The highest BCUT2D eigenvalue weighted by Crippen LogP contribution is 2.22. The van der Waals surface area contributed by atoms with Crippen molar-refractivity contribution in [2.45, 2.75) is 19.3 Å². The standard InChI is InChI=1S/C12H15N3O6/c16-5-3-1-2-4-13-12(17)9-6-10(14(18)19)8-11(7-9)15(20)21/h6-8,16H,1-5H2,(H,13,17). The number of aliphatic hydroxyl groups is 1. The van der Waals surface area contributed by atoms with Gasteiger partial charge in [-0.1, -0.05) is 0 Å². The summed E-state index contributed by atoms with van der Waals surface area (Å²) in [6.45, 7) is 0.403. The highest BCUT2D eigenvalue weighted by atomic mass is 16.6. The number of nitrogens with zero attached hydrogens (tertiary/aromatic N) is 2. The first-order chi connectivity index (χ1) is 9.95. The van der Waals surface area contributed by atoms with E-state index in [1.54, 1.807) is 0 Å². The maximum absolute atomic E-state index is 11.8. The Kier molecular flexibility index (Phi) is 6.21. The van der Waals surface area contributed by atoms with Gasteiger partial charge in [-0.15, -0.1) is 0 Å². The van der Waals surface area contributed by atoms with Crippen molar-refractivity contribution in [3.63, 3.8) is 0 Å². The minimum atomic E-state index is -0.787. The van der Waals surface area contributed by atoms with Gasteiger partial charge in [0, 0.05) is 25.3 Å². The Morgan fingerprint density at radius 2 is 1.62 bits per heavy atom. The number of non-ortho nitro benzene ring substituents is 2. The first kappa shape index (κ1) is 16.5. The summed E-state index contributed by atoms with van der Waals surface area (Å²) in [7, 11) is 0. The predicted molar refractivity (Wildman–Crippen MR) is 73.0 cm³/mol. The molecule has 1 rings (SSSR count). The molecule has 0 aliphatic rings. The fourth-order valence-corrected chi connectivity index (χ4v) is 1.65. The van der Waals surface area contributed by atoms with Crippen LogP contribution in [0.15, 0.2) is 18.2 Å². The van der Waals surface area contributed by atoms with Crippen LogP contribution in [-0.2, 0) is 0 Å². The maximum atomic E-state index is 11.8. The lowest BCUT2D eigenvalue weighted by Crippen LogP contribution is -2.24. The second-order valence-electron chi connectivity index (χ2n) is 4.29. The number of nitro benzene ring substituents is 2. The minimum absolute atomic E-state index is 0.0744. The largest absolute Gasteiger partial charge is 0.396 e. The normalized spacial score (nSPS) is 10.1. The number of hydrogen-bond donors (Lipinski definition) is 2. The molecular weight excluding hydrogens is 282 g/mol. The summed E-state index contributed by atoms with van der Waals surface area (Å²) < 4.78 is 0. The summed E-state index contributed by atoms with van der Waals surface area (Å²) >= 11 is 0. The van der Waals surface area contributed by atoms with Crippen molar-refractivity contribution in [3.8, 4) is 0 Å². The van der Waals surface area contributed by atoms with E-state index in [1.165, 1.54) is 0 Å². The number of nitrogens with one attached hydrogen (secondary N) is 1. The molecule has 0 fully saturated rings. The molecule has 0 spiro atoms. The lowest BCUT2D eigenvalue weighted by Gasteiger charge is -2.05. The molecule has 1 amide bonds. The topological polar surface area (TPSA) is 136 Å². The summed E-state index contributed by atoms with van der Waals surface area (Å²) in [4.78, 5) is 31.7. The lowest BCUT2D eigenvalue weighted by molar-refractivity contribution is -0.394. The zero-order chi connectivity index (χ0) is 15.8.